The van der Waals surface area contributed by atoms with Gasteiger partial charge in [0.05, 0.1) is 11.8 Å². The molecular weight excluding hydrogens is 371 g/mol. The minimum Gasteiger partial charge on any atom is -0.207 e. The Labute approximate surface area is 173 Å². The molecule has 0 radical (unpaired) electrons. The molecule has 2 nitrogen and oxygen atoms in total. The van der Waals surface area contributed by atoms with Crippen LogP contribution in [0, 0.1) is 5.82 Å². The van der Waals surface area contributed by atoms with Gasteiger partial charge in [-0.1, -0.05) is 66.7 Å². The summed E-state index contributed by atoms with van der Waals surface area (Å²) in [6.45, 7) is 0. The average molecular weight is 389 g/mol. The van der Waals surface area contributed by atoms with E-state index >= 15 is 0 Å². The maximum absolute atomic E-state index is 14.0. The van der Waals surface area contributed by atoms with Gasteiger partial charge in [-0.15, -0.1) is 0 Å². The summed E-state index contributed by atoms with van der Waals surface area (Å²) in [5, 5.41) is 0.892. The van der Waals surface area contributed by atoms with Crippen LogP contribution in [0.2, 0.25) is 0 Å². The molecule has 0 aliphatic rings. The molecule has 3 heterocycles. The zero-order valence-electron chi connectivity index (χ0n) is 16.2. The van der Waals surface area contributed by atoms with Crippen LogP contribution in [0.1, 0.15) is 0 Å². The Kier molecular flexibility index (Phi) is 3.68. The molecule has 0 atom stereocenters. The second-order valence-electron chi connectivity index (χ2n) is 7.45. The van der Waals surface area contributed by atoms with Gasteiger partial charge >= 0.3 is 0 Å². The summed E-state index contributed by atoms with van der Waals surface area (Å²) in [6.07, 6.45) is 2.10. The van der Waals surface area contributed by atoms with Crippen LogP contribution in [0.15, 0.2) is 109 Å². The summed E-state index contributed by atoms with van der Waals surface area (Å²) in [4.78, 5) is 0. The molecule has 0 N–H and O–H groups in total. The Morgan fingerprint density at radius 1 is 0.633 bits per heavy atom. The summed E-state index contributed by atoms with van der Waals surface area (Å²) < 4.78 is 18.5. The van der Waals surface area contributed by atoms with Gasteiger partial charge in [-0.05, 0) is 35.9 Å². The first-order chi connectivity index (χ1) is 14.8. The van der Waals surface area contributed by atoms with Crippen LogP contribution in [-0.2, 0) is 0 Å². The number of hydrogen-bond acceptors (Lipinski definition) is 0. The Morgan fingerprint density at radius 3 is 2.10 bits per heavy atom. The molecule has 0 fully saturated rings. The minimum absolute atomic E-state index is 0.222. The van der Waals surface area contributed by atoms with Crippen molar-refractivity contribution in [1.29, 1.82) is 0 Å². The number of nitrogens with zero attached hydrogens (tertiary/aromatic N) is 2. The molecule has 3 aromatic heterocycles. The van der Waals surface area contributed by atoms with Crippen molar-refractivity contribution in [3.63, 3.8) is 0 Å². The van der Waals surface area contributed by atoms with Gasteiger partial charge < -0.3 is 0 Å². The first-order valence-electron chi connectivity index (χ1n) is 9.99. The predicted octanol–water partition coefficient (Wildman–Crippen LogP) is 6.30. The lowest BCUT2D eigenvalue weighted by Crippen LogP contribution is -2.28. The molecule has 30 heavy (non-hydrogen) atoms. The van der Waals surface area contributed by atoms with Crippen LogP contribution in [0.5, 0.6) is 0 Å². The molecule has 6 rings (SSSR count). The smallest absolute Gasteiger partial charge is 0.207 e. The molecule has 0 amide bonds. The standard InChI is InChI=1S/C27H18FN2/c28-22-14-15-23-21(17-22)18-24-26(19-9-3-1-4-10-19)27(20-11-5-2-6-12-20)29-16-8-7-13-25(29)30(23)24/h1-18H/q+1. The summed E-state index contributed by atoms with van der Waals surface area (Å²) in [6, 6.07) is 34.1. The summed E-state index contributed by atoms with van der Waals surface area (Å²) in [7, 11) is 0. The molecule has 0 spiro atoms. The fourth-order valence-corrected chi connectivity index (χ4v) is 4.43. The van der Waals surface area contributed by atoms with Gasteiger partial charge in [-0.3, -0.25) is 0 Å². The SMILES string of the molecule is Fc1ccc2c(c1)cc1c(-c3ccccc3)c(-c3ccccc3)[n+]3ccccc3n12. The van der Waals surface area contributed by atoms with Crippen molar-refractivity contribution in [1.82, 2.24) is 4.40 Å². The topological polar surface area (TPSA) is 8.51 Å². The van der Waals surface area contributed by atoms with Crippen molar-refractivity contribution in [3.05, 3.63) is 115 Å². The zero-order chi connectivity index (χ0) is 20.1. The highest BCUT2D eigenvalue weighted by atomic mass is 19.1. The van der Waals surface area contributed by atoms with Gasteiger partial charge in [0.15, 0.2) is 5.69 Å². The van der Waals surface area contributed by atoms with Crippen molar-refractivity contribution in [2.75, 3.05) is 0 Å². The lowest BCUT2D eigenvalue weighted by atomic mass is 9.98. The van der Waals surface area contributed by atoms with Crippen LogP contribution in [0.3, 0.4) is 0 Å². The maximum atomic E-state index is 14.0. The molecule has 142 valence electrons. The molecule has 0 aliphatic heterocycles. The van der Waals surface area contributed by atoms with Crippen molar-refractivity contribution < 1.29 is 8.79 Å². The van der Waals surface area contributed by atoms with E-state index in [4.69, 9.17) is 0 Å². The number of aromatic nitrogens is 2. The number of pyridine rings is 1. The predicted molar refractivity (Wildman–Crippen MR) is 119 cm³/mol. The lowest BCUT2D eigenvalue weighted by Gasteiger charge is -2.12. The highest BCUT2D eigenvalue weighted by Crippen LogP contribution is 2.37. The Balaban J connectivity index is 1.92. The monoisotopic (exact) mass is 389 g/mol. The van der Waals surface area contributed by atoms with E-state index in [9.17, 15) is 4.39 Å². The summed E-state index contributed by atoms with van der Waals surface area (Å²) >= 11 is 0. The van der Waals surface area contributed by atoms with Crippen molar-refractivity contribution in [2.45, 2.75) is 0 Å². The molecule has 6 aromatic rings. The van der Waals surface area contributed by atoms with Crippen LogP contribution >= 0.6 is 0 Å². The first-order valence-corrected chi connectivity index (χ1v) is 9.99. The third-order valence-electron chi connectivity index (χ3n) is 5.67. The second-order valence-corrected chi connectivity index (χ2v) is 7.45. The van der Waals surface area contributed by atoms with E-state index in [0.717, 1.165) is 44.5 Å². The van der Waals surface area contributed by atoms with Crippen molar-refractivity contribution in [3.8, 4) is 22.4 Å². The average Bonchev–Trinajstić information content (AvgIpc) is 3.17. The molecule has 3 aromatic carbocycles. The minimum atomic E-state index is -0.222. The van der Waals surface area contributed by atoms with E-state index in [0.29, 0.717) is 0 Å². The highest BCUT2D eigenvalue weighted by Gasteiger charge is 2.25. The fourth-order valence-electron chi connectivity index (χ4n) is 4.43. The number of hydrogen-bond donors (Lipinski definition) is 0. The van der Waals surface area contributed by atoms with Crippen LogP contribution in [0.4, 0.5) is 4.39 Å². The van der Waals surface area contributed by atoms with Gasteiger partial charge in [0.2, 0.25) is 0 Å². The van der Waals surface area contributed by atoms with Crippen LogP contribution < -0.4 is 4.40 Å². The molecule has 0 aliphatic carbocycles. The third kappa shape index (κ3) is 2.45. The van der Waals surface area contributed by atoms with Crippen molar-refractivity contribution >= 4 is 22.1 Å². The fraction of sp³-hybridized carbons (Fsp3) is 0. The molecule has 0 unspecified atom stereocenters. The Hall–Kier alpha value is -3.98. The lowest BCUT2D eigenvalue weighted by molar-refractivity contribution is -0.501. The maximum Gasteiger partial charge on any atom is 0.292 e. The zero-order valence-corrected chi connectivity index (χ0v) is 16.2. The van der Waals surface area contributed by atoms with Gasteiger partial charge in [0.1, 0.15) is 16.9 Å². The van der Waals surface area contributed by atoms with Gasteiger partial charge in [0, 0.05) is 17.0 Å². The van der Waals surface area contributed by atoms with Gasteiger partial charge in [0.25, 0.3) is 5.65 Å². The van der Waals surface area contributed by atoms with E-state index in [2.05, 4.69) is 75.7 Å². The normalized spacial score (nSPS) is 11.5. The Morgan fingerprint density at radius 2 is 1.33 bits per heavy atom. The number of rotatable bonds is 2. The van der Waals surface area contributed by atoms with E-state index in [-0.39, 0.29) is 5.82 Å². The largest absolute Gasteiger partial charge is 0.292 e. The van der Waals surface area contributed by atoms with Gasteiger partial charge in [-0.25, -0.2) is 4.39 Å². The first kappa shape index (κ1) is 16.9. The quantitative estimate of drug-likeness (QED) is 0.307. The van der Waals surface area contributed by atoms with Crippen LogP contribution in [0.25, 0.3) is 44.5 Å². The summed E-state index contributed by atoms with van der Waals surface area (Å²) in [5.74, 6) is -0.222. The number of halogens is 1. The highest BCUT2D eigenvalue weighted by molar-refractivity contribution is 5.99. The van der Waals surface area contributed by atoms with Crippen molar-refractivity contribution in [2.24, 2.45) is 0 Å². The second kappa shape index (κ2) is 6.53. The molecule has 0 bridgehead atoms. The molecule has 3 heteroatoms. The molecule has 0 saturated heterocycles. The third-order valence-corrected chi connectivity index (χ3v) is 5.67. The van der Waals surface area contributed by atoms with Gasteiger partial charge in [-0.2, -0.15) is 8.80 Å². The van der Waals surface area contributed by atoms with E-state index in [1.807, 2.05) is 30.3 Å². The number of fused-ring (bicyclic) bond motifs is 5. The Bertz CT molecular complexity index is 1530. The van der Waals surface area contributed by atoms with Crippen LogP contribution in [-0.4, -0.2) is 4.40 Å². The molecular formula is C27H18FN2+. The van der Waals surface area contributed by atoms with E-state index < -0.39 is 0 Å². The van der Waals surface area contributed by atoms with E-state index in [1.54, 1.807) is 6.07 Å². The summed E-state index contributed by atoms with van der Waals surface area (Å²) in [5.41, 5.74) is 7.60. The van der Waals surface area contributed by atoms with E-state index in [1.165, 1.54) is 6.07 Å². The molecule has 0 saturated carbocycles. The number of benzene rings is 3.